The summed E-state index contributed by atoms with van der Waals surface area (Å²) in [7, 11) is 0. The average Bonchev–Trinajstić information content (AvgIpc) is 3.07. The molecule has 1 fully saturated rings. The van der Waals surface area contributed by atoms with Gasteiger partial charge in [-0.15, -0.1) is 0 Å². The second kappa shape index (κ2) is 16.4. The van der Waals surface area contributed by atoms with Crippen molar-refractivity contribution in [3.63, 3.8) is 0 Å². The number of carbonyl (C=O) groups is 2. The first-order valence-electron chi connectivity index (χ1n) is 15.9. The average molecular weight is 599 g/mol. The molecular formula is C38H46O6. The van der Waals surface area contributed by atoms with Crippen molar-refractivity contribution in [2.24, 2.45) is 11.8 Å². The van der Waals surface area contributed by atoms with Gasteiger partial charge in [-0.25, -0.2) is 9.59 Å². The van der Waals surface area contributed by atoms with E-state index in [0.29, 0.717) is 11.8 Å². The Morgan fingerprint density at radius 2 is 1.36 bits per heavy atom. The van der Waals surface area contributed by atoms with Crippen molar-refractivity contribution in [3.05, 3.63) is 96.1 Å². The number of rotatable bonds is 15. The number of esters is 2. The molecule has 0 atom stereocenters. The second-order valence-corrected chi connectivity index (χ2v) is 12.1. The fraction of sp³-hybridized carbons (Fsp3) is 0.421. The maximum atomic E-state index is 12.0. The Labute approximate surface area is 261 Å². The van der Waals surface area contributed by atoms with Gasteiger partial charge in [-0.2, -0.15) is 0 Å². The molecule has 0 aliphatic heterocycles. The van der Waals surface area contributed by atoms with E-state index in [1.54, 1.807) is 0 Å². The molecule has 1 saturated carbocycles. The van der Waals surface area contributed by atoms with E-state index in [4.69, 9.17) is 19.7 Å². The molecule has 44 heavy (non-hydrogen) atoms. The van der Waals surface area contributed by atoms with Crippen molar-refractivity contribution in [2.75, 3.05) is 26.4 Å². The molecule has 2 N–H and O–H groups in total. The summed E-state index contributed by atoms with van der Waals surface area (Å²) < 4.78 is 10.6. The van der Waals surface area contributed by atoms with E-state index < -0.39 is 25.2 Å². The topological polar surface area (TPSA) is 93.1 Å². The van der Waals surface area contributed by atoms with Crippen molar-refractivity contribution in [3.8, 4) is 11.1 Å². The quantitative estimate of drug-likeness (QED) is 0.141. The van der Waals surface area contributed by atoms with Crippen LogP contribution < -0.4 is 0 Å². The molecule has 1 aliphatic carbocycles. The Hall–Kier alpha value is -3.74. The van der Waals surface area contributed by atoms with Crippen LogP contribution in [0.25, 0.3) is 21.9 Å². The highest BCUT2D eigenvalue weighted by molar-refractivity contribution is 5.89. The molecule has 0 spiro atoms. The zero-order valence-electron chi connectivity index (χ0n) is 25.9. The van der Waals surface area contributed by atoms with E-state index in [-0.39, 0.29) is 30.3 Å². The van der Waals surface area contributed by atoms with Crippen LogP contribution in [0.1, 0.15) is 68.9 Å². The Kier molecular flexibility index (Phi) is 12.3. The van der Waals surface area contributed by atoms with Crippen LogP contribution in [0.5, 0.6) is 0 Å². The van der Waals surface area contributed by atoms with E-state index in [9.17, 15) is 9.59 Å². The maximum Gasteiger partial charge on any atom is 0.335 e. The van der Waals surface area contributed by atoms with Crippen LogP contribution in [-0.4, -0.2) is 48.6 Å². The minimum Gasteiger partial charge on any atom is -0.462 e. The third-order valence-corrected chi connectivity index (χ3v) is 8.85. The van der Waals surface area contributed by atoms with Gasteiger partial charge in [-0.3, -0.25) is 0 Å². The van der Waals surface area contributed by atoms with Gasteiger partial charge in [0.15, 0.2) is 0 Å². The highest BCUT2D eigenvalue weighted by atomic mass is 16.5. The van der Waals surface area contributed by atoms with Crippen LogP contribution in [0.2, 0.25) is 0 Å². The van der Waals surface area contributed by atoms with Gasteiger partial charge in [0.05, 0.1) is 37.6 Å². The summed E-state index contributed by atoms with van der Waals surface area (Å²) in [5.41, 5.74) is 5.25. The molecule has 6 nitrogen and oxygen atoms in total. The standard InChI is InChI=1S/C38H46O6/c1-4-5-28-8-12-31(13-9-28)33-16-18-36-21-34(17-19-35(36)20-33)32-14-10-29(11-15-32)6-7-30(24-43-37(41)26(2)22-39)25-44-38(42)27(3)23-40/h8-9,12-13,16-21,29-30,32,39-40H,2-7,10-11,14-15,22-25H2,1H3. The lowest BCUT2D eigenvalue weighted by molar-refractivity contribution is -0.144. The molecule has 0 amide bonds. The highest BCUT2D eigenvalue weighted by Gasteiger charge is 2.25. The third kappa shape index (κ3) is 9.13. The molecule has 3 aromatic rings. The van der Waals surface area contributed by atoms with E-state index in [0.717, 1.165) is 51.4 Å². The first-order valence-corrected chi connectivity index (χ1v) is 15.9. The first-order chi connectivity index (χ1) is 21.3. The van der Waals surface area contributed by atoms with Gasteiger partial charge in [-0.1, -0.05) is 81.1 Å². The molecule has 0 radical (unpaired) electrons. The number of hydrogen-bond donors (Lipinski definition) is 2. The molecule has 0 aromatic heterocycles. The molecular weight excluding hydrogens is 552 g/mol. The van der Waals surface area contributed by atoms with Crippen LogP contribution in [0.3, 0.4) is 0 Å². The summed E-state index contributed by atoms with van der Waals surface area (Å²) in [5, 5.41) is 20.8. The molecule has 0 saturated heterocycles. The Morgan fingerprint density at radius 3 is 1.95 bits per heavy atom. The van der Waals surface area contributed by atoms with Gasteiger partial charge in [-0.05, 0) is 95.9 Å². The summed E-state index contributed by atoms with van der Waals surface area (Å²) in [6.45, 7) is 8.41. The van der Waals surface area contributed by atoms with Crippen molar-refractivity contribution >= 4 is 22.7 Å². The SMILES string of the molecule is C=C(CO)C(=O)OCC(CCC1CCC(c2ccc3cc(-c4ccc(CCC)cc4)ccc3c2)CC1)COC(=O)C(=C)CO. The normalized spacial score (nSPS) is 16.5. The van der Waals surface area contributed by atoms with Crippen molar-refractivity contribution in [2.45, 2.75) is 64.2 Å². The lowest BCUT2D eigenvalue weighted by Gasteiger charge is -2.30. The minimum atomic E-state index is -0.656. The van der Waals surface area contributed by atoms with Gasteiger partial charge >= 0.3 is 11.9 Å². The van der Waals surface area contributed by atoms with Crippen LogP contribution in [0, 0.1) is 11.8 Å². The summed E-state index contributed by atoms with van der Waals surface area (Å²) in [6.07, 6.45) is 8.42. The first kappa shape index (κ1) is 33.2. The number of ether oxygens (including phenoxy) is 2. The van der Waals surface area contributed by atoms with E-state index in [1.165, 1.54) is 33.0 Å². The summed E-state index contributed by atoms with van der Waals surface area (Å²) in [6, 6.07) is 22.6. The van der Waals surface area contributed by atoms with Gasteiger partial charge in [0.2, 0.25) is 0 Å². The minimum absolute atomic E-state index is 0.0149. The Balaban J connectivity index is 1.31. The molecule has 0 heterocycles. The van der Waals surface area contributed by atoms with Gasteiger partial charge < -0.3 is 19.7 Å². The summed E-state index contributed by atoms with van der Waals surface area (Å²) in [4.78, 5) is 24.0. The number of hydrogen-bond acceptors (Lipinski definition) is 6. The lowest BCUT2D eigenvalue weighted by atomic mass is 9.76. The molecule has 0 bridgehead atoms. The van der Waals surface area contributed by atoms with Crippen LogP contribution in [0.15, 0.2) is 85.0 Å². The van der Waals surface area contributed by atoms with Gasteiger partial charge in [0, 0.05) is 5.92 Å². The van der Waals surface area contributed by atoms with Gasteiger partial charge in [0.1, 0.15) is 0 Å². The smallest absolute Gasteiger partial charge is 0.335 e. The number of fused-ring (bicyclic) bond motifs is 1. The van der Waals surface area contributed by atoms with Crippen LogP contribution in [-0.2, 0) is 25.5 Å². The number of aliphatic hydroxyl groups is 2. The Bertz CT molecular complexity index is 1400. The van der Waals surface area contributed by atoms with E-state index >= 15 is 0 Å². The molecule has 6 heteroatoms. The van der Waals surface area contributed by atoms with Crippen LogP contribution >= 0.6 is 0 Å². The highest BCUT2D eigenvalue weighted by Crippen LogP contribution is 2.39. The largest absolute Gasteiger partial charge is 0.462 e. The van der Waals surface area contributed by atoms with Crippen molar-refractivity contribution in [1.29, 1.82) is 0 Å². The number of aryl methyl sites for hydroxylation is 1. The van der Waals surface area contributed by atoms with Gasteiger partial charge in [0.25, 0.3) is 0 Å². The Morgan fingerprint density at radius 1 is 0.795 bits per heavy atom. The molecule has 0 unspecified atom stereocenters. The predicted octanol–water partition coefficient (Wildman–Crippen LogP) is 7.31. The molecule has 234 valence electrons. The summed E-state index contributed by atoms with van der Waals surface area (Å²) in [5.74, 6) is -0.424. The third-order valence-electron chi connectivity index (χ3n) is 8.85. The summed E-state index contributed by atoms with van der Waals surface area (Å²) >= 11 is 0. The van der Waals surface area contributed by atoms with Crippen molar-refractivity contribution < 1.29 is 29.3 Å². The van der Waals surface area contributed by atoms with Crippen molar-refractivity contribution in [1.82, 2.24) is 0 Å². The number of aliphatic hydroxyl groups excluding tert-OH is 2. The van der Waals surface area contributed by atoms with E-state index in [1.807, 2.05) is 0 Å². The zero-order valence-corrected chi connectivity index (χ0v) is 25.9. The maximum absolute atomic E-state index is 12.0. The zero-order chi connectivity index (χ0) is 31.5. The molecule has 4 rings (SSSR count). The molecule has 3 aromatic carbocycles. The van der Waals surface area contributed by atoms with E-state index in [2.05, 4.69) is 80.7 Å². The molecule has 1 aliphatic rings. The fourth-order valence-corrected chi connectivity index (χ4v) is 6.04. The second-order valence-electron chi connectivity index (χ2n) is 12.1. The lowest BCUT2D eigenvalue weighted by Crippen LogP contribution is -2.24. The predicted molar refractivity (Wildman–Crippen MR) is 175 cm³/mol. The number of carbonyl (C=O) groups excluding carboxylic acids is 2. The fourth-order valence-electron chi connectivity index (χ4n) is 6.04. The monoisotopic (exact) mass is 598 g/mol. The number of benzene rings is 3. The van der Waals surface area contributed by atoms with Crippen LogP contribution in [0.4, 0.5) is 0 Å².